The lowest BCUT2D eigenvalue weighted by atomic mass is 9.97. The van der Waals surface area contributed by atoms with Crippen LogP contribution in [0.2, 0.25) is 0 Å². The number of hydrogen-bond acceptors (Lipinski definition) is 10. The van der Waals surface area contributed by atoms with E-state index in [4.69, 9.17) is 18.9 Å². The number of aliphatic hydroxyl groups is 5. The van der Waals surface area contributed by atoms with Crippen molar-refractivity contribution in [2.75, 3.05) is 13.7 Å². The summed E-state index contributed by atoms with van der Waals surface area (Å²) in [5.74, 6) is 1.09. The van der Waals surface area contributed by atoms with Gasteiger partial charge in [0.25, 0.3) is 0 Å². The fourth-order valence-electron chi connectivity index (χ4n) is 4.57. The lowest BCUT2D eigenvalue weighted by Crippen LogP contribution is -2.60. The summed E-state index contributed by atoms with van der Waals surface area (Å²) in [6.07, 6.45) is -6.19. The van der Waals surface area contributed by atoms with E-state index in [0.29, 0.717) is 29.9 Å². The normalized spacial score (nSPS) is 31.2. The summed E-state index contributed by atoms with van der Waals surface area (Å²) in [6.45, 7) is -0.583. The molecule has 7 atom stereocenters. The molecule has 198 valence electrons. The van der Waals surface area contributed by atoms with Crippen LogP contribution in [0.15, 0.2) is 36.4 Å². The average Bonchev–Trinajstić information content (AvgIpc) is 2.88. The van der Waals surface area contributed by atoms with Gasteiger partial charge in [-0.25, -0.2) is 0 Å². The number of phenols is 1. The summed E-state index contributed by atoms with van der Waals surface area (Å²) >= 11 is 0. The van der Waals surface area contributed by atoms with E-state index in [9.17, 15) is 30.6 Å². The van der Waals surface area contributed by atoms with Gasteiger partial charge in [-0.2, -0.15) is 0 Å². The fraction of sp³-hybridized carbons (Fsp3) is 0.538. The van der Waals surface area contributed by atoms with Gasteiger partial charge in [0.1, 0.15) is 24.4 Å². The van der Waals surface area contributed by atoms with E-state index >= 15 is 0 Å². The highest BCUT2D eigenvalue weighted by Crippen LogP contribution is 2.38. The van der Waals surface area contributed by atoms with Crippen LogP contribution in [0.5, 0.6) is 23.0 Å². The molecule has 6 N–H and O–H groups in total. The van der Waals surface area contributed by atoms with Crippen molar-refractivity contribution in [3.63, 3.8) is 0 Å². The Morgan fingerprint density at radius 1 is 0.917 bits per heavy atom. The maximum absolute atomic E-state index is 11.0. The summed E-state index contributed by atoms with van der Waals surface area (Å²) in [7, 11) is 1.55. The molecule has 10 heteroatoms. The SMILES string of the molecule is COc1cc2ccc1Oc1cc(ccc1O)C[C@@H](O[C@@H]1O[C@H](CO)[C@@H](O)[C@H](O)[C@H]1O)[C@H](O)CCCC2. The Morgan fingerprint density at radius 3 is 2.44 bits per heavy atom. The number of methoxy groups -OCH3 is 1. The van der Waals surface area contributed by atoms with E-state index in [1.54, 1.807) is 25.3 Å². The number of rotatable bonds is 4. The van der Waals surface area contributed by atoms with Gasteiger partial charge in [0.15, 0.2) is 29.3 Å². The molecule has 0 unspecified atom stereocenters. The first kappa shape index (κ1) is 26.6. The van der Waals surface area contributed by atoms with Crippen molar-refractivity contribution < 1.29 is 49.6 Å². The van der Waals surface area contributed by atoms with Crippen molar-refractivity contribution in [2.24, 2.45) is 0 Å². The highest BCUT2D eigenvalue weighted by Gasteiger charge is 2.45. The van der Waals surface area contributed by atoms with Crippen LogP contribution in [0.25, 0.3) is 0 Å². The van der Waals surface area contributed by atoms with Crippen molar-refractivity contribution >= 4 is 0 Å². The lowest BCUT2D eigenvalue weighted by Gasteiger charge is -2.41. The number of hydrogen-bond donors (Lipinski definition) is 6. The molecule has 3 heterocycles. The highest BCUT2D eigenvalue weighted by atomic mass is 16.7. The Morgan fingerprint density at radius 2 is 1.69 bits per heavy atom. The van der Waals surface area contributed by atoms with Crippen molar-refractivity contribution in [3.05, 3.63) is 47.5 Å². The Hall–Kier alpha value is -2.44. The molecule has 1 fully saturated rings. The zero-order valence-electron chi connectivity index (χ0n) is 20.1. The van der Waals surface area contributed by atoms with E-state index in [2.05, 4.69) is 0 Å². The first-order valence-corrected chi connectivity index (χ1v) is 12.1. The van der Waals surface area contributed by atoms with E-state index in [0.717, 1.165) is 18.4 Å². The predicted molar refractivity (Wildman–Crippen MR) is 127 cm³/mol. The van der Waals surface area contributed by atoms with Gasteiger partial charge in [-0.15, -0.1) is 0 Å². The quantitative estimate of drug-likeness (QED) is 0.353. The first-order chi connectivity index (χ1) is 17.3. The molecule has 0 spiro atoms. The van der Waals surface area contributed by atoms with E-state index < -0.39 is 49.5 Å². The highest BCUT2D eigenvalue weighted by molar-refractivity contribution is 5.49. The molecule has 10 nitrogen and oxygen atoms in total. The minimum absolute atomic E-state index is 0.0823. The van der Waals surface area contributed by atoms with E-state index in [1.165, 1.54) is 6.07 Å². The van der Waals surface area contributed by atoms with Gasteiger partial charge in [0.2, 0.25) is 0 Å². The van der Waals surface area contributed by atoms with Crippen LogP contribution < -0.4 is 9.47 Å². The molecule has 0 aromatic heterocycles. The van der Waals surface area contributed by atoms with Crippen molar-refractivity contribution in [3.8, 4) is 23.0 Å². The van der Waals surface area contributed by atoms with E-state index in [1.807, 2.05) is 12.1 Å². The molecule has 0 saturated carbocycles. The molecule has 0 aliphatic carbocycles. The summed E-state index contributed by atoms with van der Waals surface area (Å²) in [4.78, 5) is 0. The van der Waals surface area contributed by atoms with Crippen molar-refractivity contribution in [1.29, 1.82) is 0 Å². The van der Waals surface area contributed by atoms with Gasteiger partial charge in [-0.05, 0) is 54.7 Å². The second kappa shape index (κ2) is 11.7. The van der Waals surface area contributed by atoms with Crippen LogP contribution in [-0.4, -0.2) is 87.3 Å². The molecule has 3 aliphatic rings. The van der Waals surface area contributed by atoms with Crippen molar-refractivity contribution in [1.82, 2.24) is 0 Å². The Labute approximate surface area is 209 Å². The maximum Gasteiger partial charge on any atom is 0.187 e. The lowest BCUT2D eigenvalue weighted by molar-refractivity contribution is -0.317. The topological polar surface area (TPSA) is 158 Å². The second-order valence-electron chi connectivity index (χ2n) is 9.28. The summed E-state index contributed by atoms with van der Waals surface area (Å²) < 4.78 is 22.9. The number of aliphatic hydroxyl groups excluding tert-OH is 5. The van der Waals surface area contributed by atoms with Crippen LogP contribution in [0.3, 0.4) is 0 Å². The molecule has 36 heavy (non-hydrogen) atoms. The zero-order valence-corrected chi connectivity index (χ0v) is 20.1. The number of aromatic hydroxyl groups is 1. The molecule has 3 aliphatic heterocycles. The average molecular weight is 507 g/mol. The smallest absolute Gasteiger partial charge is 0.187 e. The number of aryl methyl sites for hydroxylation is 1. The van der Waals surface area contributed by atoms with Crippen LogP contribution in [0, 0.1) is 0 Å². The number of benzene rings is 2. The monoisotopic (exact) mass is 506 g/mol. The molecule has 1 saturated heterocycles. The number of fused-ring (bicyclic) bond motifs is 8. The first-order valence-electron chi connectivity index (χ1n) is 12.1. The van der Waals surface area contributed by atoms with E-state index in [-0.39, 0.29) is 17.9 Å². The third kappa shape index (κ3) is 5.92. The summed E-state index contributed by atoms with van der Waals surface area (Å²) in [5.41, 5.74) is 1.71. The van der Waals surface area contributed by atoms with Crippen molar-refractivity contribution in [2.45, 2.75) is 75.0 Å². The van der Waals surface area contributed by atoms with Gasteiger partial charge in [0.05, 0.1) is 25.9 Å². The standard InChI is InChI=1S/C26H34O10/c1-33-21-10-14-4-2-3-5-16(28)20(35-26-25(32)24(31)23(30)22(13-27)36-26)12-15-6-8-17(29)19(11-15)34-18(21)9-7-14/h6-11,16,20,22-32H,2-5,12-13H2,1H3/t16-,20-,22-,23-,24+,25-,26-/m1/s1. The Kier molecular flexibility index (Phi) is 8.68. The largest absolute Gasteiger partial charge is 0.504 e. The zero-order chi connectivity index (χ0) is 25.8. The van der Waals surface area contributed by atoms with Gasteiger partial charge in [-0.3, -0.25) is 0 Å². The Bertz CT molecular complexity index is 1010. The second-order valence-corrected chi connectivity index (χ2v) is 9.28. The van der Waals surface area contributed by atoms with Crippen LogP contribution >= 0.6 is 0 Å². The molecular weight excluding hydrogens is 472 g/mol. The predicted octanol–water partition coefficient (Wildman–Crippen LogP) is 1.01. The summed E-state index contributed by atoms with van der Waals surface area (Å²) in [5, 5.41) is 61.5. The third-order valence-corrected chi connectivity index (χ3v) is 6.71. The maximum atomic E-state index is 11.0. The minimum Gasteiger partial charge on any atom is -0.504 e. The number of ether oxygens (including phenoxy) is 4. The molecule has 4 bridgehead atoms. The van der Waals surface area contributed by atoms with Gasteiger partial charge < -0.3 is 49.6 Å². The molecule has 2 aromatic rings. The molecule has 5 rings (SSSR count). The molecule has 0 radical (unpaired) electrons. The third-order valence-electron chi connectivity index (χ3n) is 6.71. The molecular formula is C26H34O10. The summed E-state index contributed by atoms with van der Waals surface area (Å²) in [6, 6.07) is 10.4. The number of phenolic OH excluding ortho intramolecular Hbond substituents is 1. The molecule has 0 amide bonds. The fourth-order valence-corrected chi connectivity index (χ4v) is 4.57. The van der Waals surface area contributed by atoms with Crippen LogP contribution in [0.1, 0.15) is 30.4 Å². The van der Waals surface area contributed by atoms with Gasteiger partial charge in [0, 0.05) is 6.42 Å². The van der Waals surface area contributed by atoms with Crippen LogP contribution in [0.4, 0.5) is 0 Å². The van der Waals surface area contributed by atoms with Gasteiger partial charge in [-0.1, -0.05) is 18.6 Å². The Balaban J connectivity index is 1.62. The molecule has 2 aromatic carbocycles. The van der Waals surface area contributed by atoms with Crippen LogP contribution in [-0.2, 0) is 22.3 Å². The van der Waals surface area contributed by atoms with Gasteiger partial charge >= 0.3 is 0 Å². The minimum atomic E-state index is -1.59.